The van der Waals surface area contributed by atoms with Gasteiger partial charge in [0.2, 0.25) is 0 Å². The van der Waals surface area contributed by atoms with Crippen molar-refractivity contribution in [3.05, 3.63) is 0 Å². The first-order valence-electron chi connectivity index (χ1n) is 5.77. The van der Waals surface area contributed by atoms with Crippen molar-refractivity contribution in [3.8, 4) is 11.8 Å². The van der Waals surface area contributed by atoms with Gasteiger partial charge in [0.15, 0.2) is 0 Å². The molecule has 2 unspecified atom stereocenters. The second-order valence-electron chi connectivity index (χ2n) is 4.36. The van der Waals surface area contributed by atoms with E-state index in [9.17, 15) is 0 Å². The Hall–Kier alpha value is -0.520. The van der Waals surface area contributed by atoms with Crippen molar-refractivity contribution in [2.24, 2.45) is 0 Å². The van der Waals surface area contributed by atoms with Gasteiger partial charge in [-0.15, -0.1) is 5.92 Å². The third-order valence-corrected chi connectivity index (χ3v) is 3.48. The van der Waals surface area contributed by atoms with Crippen molar-refractivity contribution in [2.75, 3.05) is 19.6 Å². The van der Waals surface area contributed by atoms with Gasteiger partial charge in [-0.25, -0.2) is 0 Å². The Bertz CT molecular complexity index is 238. The summed E-state index contributed by atoms with van der Waals surface area (Å²) in [5.41, 5.74) is 0. The number of hydrogen-bond donors (Lipinski definition) is 1. The van der Waals surface area contributed by atoms with Crippen molar-refractivity contribution >= 4 is 0 Å². The molecule has 2 atom stereocenters. The third-order valence-electron chi connectivity index (χ3n) is 3.48. The normalized spacial score (nSPS) is 32.1. The van der Waals surface area contributed by atoms with Crippen LogP contribution < -0.4 is 5.32 Å². The average molecular weight is 192 g/mol. The van der Waals surface area contributed by atoms with Crippen LogP contribution in [0.2, 0.25) is 0 Å². The lowest BCUT2D eigenvalue weighted by Gasteiger charge is -2.34. The molecule has 0 aliphatic carbocycles. The zero-order chi connectivity index (χ0) is 9.80. The van der Waals surface area contributed by atoms with Crippen LogP contribution in [0.4, 0.5) is 0 Å². The molecule has 78 valence electrons. The van der Waals surface area contributed by atoms with E-state index < -0.39 is 0 Å². The molecule has 0 saturated carbocycles. The minimum Gasteiger partial charge on any atom is -0.303 e. The van der Waals surface area contributed by atoms with Gasteiger partial charge in [-0.05, 0) is 45.7 Å². The van der Waals surface area contributed by atoms with Gasteiger partial charge in [0.25, 0.3) is 0 Å². The van der Waals surface area contributed by atoms with E-state index in [-0.39, 0.29) is 0 Å². The van der Waals surface area contributed by atoms with Gasteiger partial charge in [0.1, 0.15) is 0 Å². The van der Waals surface area contributed by atoms with Crippen LogP contribution >= 0.6 is 0 Å². The molecule has 14 heavy (non-hydrogen) atoms. The summed E-state index contributed by atoms with van der Waals surface area (Å²) in [7, 11) is 0. The first-order valence-corrected chi connectivity index (χ1v) is 5.77. The lowest BCUT2D eigenvalue weighted by Crippen LogP contribution is -2.45. The molecule has 2 heterocycles. The predicted octanol–water partition coefficient (Wildman–Crippen LogP) is 1.23. The van der Waals surface area contributed by atoms with E-state index in [0.29, 0.717) is 0 Å². The molecule has 2 rings (SSSR count). The lowest BCUT2D eigenvalue weighted by molar-refractivity contribution is 0.169. The van der Waals surface area contributed by atoms with Crippen molar-refractivity contribution in [2.45, 2.75) is 44.7 Å². The van der Waals surface area contributed by atoms with Gasteiger partial charge in [-0.1, -0.05) is 5.92 Å². The molecule has 2 nitrogen and oxygen atoms in total. The lowest BCUT2D eigenvalue weighted by atomic mass is 9.98. The van der Waals surface area contributed by atoms with E-state index in [1.807, 2.05) is 6.92 Å². The molecule has 2 aliphatic heterocycles. The summed E-state index contributed by atoms with van der Waals surface area (Å²) in [6, 6.07) is 1.59. The Morgan fingerprint density at radius 1 is 1.36 bits per heavy atom. The molecule has 0 aromatic carbocycles. The predicted molar refractivity (Wildman–Crippen MR) is 59.1 cm³/mol. The molecule has 0 amide bonds. The third kappa shape index (κ3) is 2.29. The van der Waals surface area contributed by atoms with Gasteiger partial charge < -0.3 is 10.2 Å². The fourth-order valence-electron chi connectivity index (χ4n) is 2.69. The van der Waals surface area contributed by atoms with E-state index in [1.165, 1.54) is 38.8 Å². The minimum atomic E-state index is 0.718. The van der Waals surface area contributed by atoms with Crippen LogP contribution in [-0.4, -0.2) is 36.6 Å². The summed E-state index contributed by atoms with van der Waals surface area (Å²) < 4.78 is 0. The van der Waals surface area contributed by atoms with Crippen molar-refractivity contribution in [1.29, 1.82) is 0 Å². The summed E-state index contributed by atoms with van der Waals surface area (Å²) in [6.07, 6.45) is 5.47. The number of nitrogens with one attached hydrogen (secondary N) is 1. The molecule has 2 fully saturated rings. The van der Waals surface area contributed by atoms with E-state index in [0.717, 1.165) is 18.6 Å². The molecule has 2 saturated heterocycles. The van der Waals surface area contributed by atoms with Crippen LogP contribution in [0.25, 0.3) is 0 Å². The fourth-order valence-corrected chi connectivity index (χ4v) is 2.69. The highest BCUT2D eigenvalue weighted by molar-refractivity contribution is 4.99. The maximum Gasteiger partial charge on any atom is 0.0578 e. The van der Waals surface area contributed by atoms with E-state index in [1.54, 1.807) is 0 Å². The van der Waals surface area contributed by atoms with Crippen LogP contribution in [0.15, 0.2) is 0 Å². The highest BCUT2D eigenvalue weighted by atomic mass is 15.2. The second-order valence-corrected chi connectivity index (χ2v) is 4.36. The molecule has 1 N–H and O–H groups in total. The molecule has 0 bridgehead atoms. The summed E-state index contributed by atoms with van der Waals surface area (Å²) in [6.45, 7) is 5.41. The quantitative estimate of drug-likeness (QED) is 0.662. The molecule has 2 heteroatoms. The molecule has 0 aromatic heterocycles. The molecule has 0 aromatic rings. The van der Waals surface area contributed by atoms with Crippen LogP contribution in [0.3, 0.4) is 0 Å². The van der Waals surface area contributed by atoms with Gasteiger partial charge in [0, 0.05) is 12.1 Å². The Morgan fingerprint density at radius 3 is 3.14 bits per heavy atom. The Kier molecular flexibility index (Phi) is 3.44. The zero-order valence-corrected chi connectivity index (χ0v) is 9.05. The van der Waals surface area contributed by atoms with Crippen LogP contribution in [0.1, 0.15) is 32.6 Å². The molecule has 2 aliphatic rings. The Labute approximate surface area is 87.1 Å². The number of fused-ring (bicyclic) bond motifs is 1. The molecular weight excluding hydrogens is 172 g/mol. The summed E-state index contributed by atoms with van der Waals surface area (Å²) in [4.78, 5) is 2.66. The van der Waals surface area contributed by atoms with Crippen molar-refractivity contribution in [3.63, 3.8) is 0 Å². The Morgan fingerprint density at radius 2 is 2.29 bits per heavy atom. The smallest absolute Gasteiger partial charge is 0.0578 e. The van der Waals surface area contributed by atoms with Crippen LogP contribution in [-0.2, 0) is 0 Å². The maximum absolute atomic E-state index is 3.53. The van der Waals surface area contributed by atoms with Crippen LogP contribution in [0, 0.1) is 11.8 Å². The van der Waals surface area contributed by atoms with Crippen molar-refractivity contribution < 1.29 is 0 Å². The largest absolute Gasteiger partial charge is 0.303 e. The van der Waals surface area contributed by atoms with Crippen LogP contribution in [0.5, 0.6) is 0 Å². The van der Waals surface area contributed by atoms with Gasteiger partial charge in [-0.3, -0.25) is 0 Å². The summed E-state index contributed by atoms with van der Waals surface area (Å²) in [5, 5.41) is 3.53. The molecule has 0 radical (unpaired) electrons. The topological polar surface area (TPSA) is 15.3 Å². The van der Waals surface area contributed by atoms with E-state index >= 15 is 0 Å². The number of hydrogen-bond acceptors (Lipinski definition) is 2. The number of nitrogens with zero attached hydrogens (tertiary/aromatic N) is 1. The summed E-state index contributed by atoms with van der Waals surface area (Å²) >= 11 is 0. The highest BCUT2D eigenvalue weighted by Gasteiger charge is 2.30. The standard InChI is InChI=1S/C12H20N2/c1-2-3-7-13-11-6-9-14-8-4-5-12(14)10-11/h11-13H,4-10H2,1H3. The van der Waals surface area contributed by atoms with Gasteiger partial charge in [0.05, 0.1) is 6.54 Å². The molecule has 0 spiro atoms. The average Bonchev–Trinajstić information content (AvgIpc) is 2.65. The van der Waals surface area contributed by atoms with E-state index in [4.69, 9.17) is 0 Å². The Balaban J connectivity index is 1.76. The highest BCUT2D eigenvalue weighted by Crippen LogP contribution is 2.26. The maximum atomic E-state index is 3.53. The second kappa shape index (κ2) is 4.82. The van der Waals surface area contributed by atoms with Gasteiger partial charge in [-0.2, -0.15) is 0 Å². The minimum absolute atomic E-state index is 0.718. The molecular formula is C12H20N2. The zero-order valence-electron chi connectivity index (χ0n) is 9.05. The van der Waals surface area contributed by atoms with Gasteiger partial charge >= 0.3 is 0 Å². The first-order chi connectivity index (χ1) is 6.90. The van der Waals surface area contributed by atoms with E-state index in [2.05, 4.69) is 22.1 Å². The summed E-state index contributed by atoms with van der Waals surface area (Å²) in [5.74, 6) is 6.01. The number of piperidine rings is 1. The SMILES string of the molecule is CC#CCNC1CCN2CCCC2C1. The first kappa shape index (κ1) is 10.0. The van der Waals surface area contributed by atoms with Crippen molar-refractivity contribution in [1.82, 2.24) is 10.2 Å². The fraction of sp³-hybridized carbons (Fsp3) is 0.833. The number of rotatable bonds is 2. The monoisotopic (exact) mass is 192 g/mol.